The number of anilines is 1. The number of hydrogen-bond donors (Lipinski definition) is 1. The second-order valence-electron chi connectivity index (χ2n) is 6.06. The number of aromatic nitrogens is 2. The van der Waals surface area contributed by atoms with Gasteiger partial charge in [-0.05, 0) is 19.8 Å². The van der Waals surface area contributed by atoms with Crippen molar-refractivity contribution in [3.63, 3.8) is 0 Å². The molecule has 4 nitrogen and oxygen atoms in total. The van der Waals surface area contributed by atoms with E-state index in [0.29, 0.717) is 24.4 Å². The third-order valence-corrected chi connectivity index (χ3v) is 3.07. The van der Waals surface area contributed by atoms with Gasteiger partial charge >= 0.3 is 0 Å². The van der Waals surface area contributed by atoms with Gasteiger partial charge in [0.25, 0.3) is 0 Å². The fourth-order valence-corrected chi connectivity index (χ4v) is 2.08. The molecule has 108 valence electrons. The SMILES string of the molecule is CC(C)CN(c1cnc(C(C)C)nc1CN)C(C)C. The highest BCUT2D eigenvalue weighted by Crippen LogP contribution is 2.23. The van der Waals surface area contributed by atoms with Crippen LogP contribution in [0.2, 0.25) is 0 Å². The van der Waals surface area contributed by atoms with Crippen LogP contribution in [0.4, 0.5) is 5.69 Å². The van der Waals surface area contributed by atoms with Gasteiger partial charge in [0, 0.05) is 25.0 Å². The Labute approximate surface area is 117 Å². The first-order chi connectivity index (χ1) is 8.86. The minimum absolute atomic E-state index is 0.331. The molecule has 0 aliphatic carbocycles. The number of nitrogens with zero attached hydrogens (tertiary/aromatic N) is 3. The zero-order valence-electron chi connectivity index (χ0n) is 13.1. The lowest BCUT2D eigenvalue weighted by Crippen LogP contribution is -2.35. The Morgan fingerprint density at radius 3 is 2.21 bits per heavy atom. The zero-order valence-corrected chi connectivity index (χ0v) is 13.1. The van der Waals surface area contributed by atoms with Crippen molar-refractivity contribution in [3.8, 4) is 0 Å². The summed E-state index contributed by atoms with van der Waals surface area (Å²) in [6.45, 7) is 14.5. The average molecular weight is 264 g/mol. The van der Waals surface area contributed by atoms with Crippen molar-refractivity contribution >= 4 is 5.69 Å². The molecule has 1 aromatic rings. The number of hydrogen-bond acceptors (Lipinski definition) is 4. The number of rotatable bonds is 6. The summed E-state index contributed by atoms with van der Waals surface area (Å²) >= 11 is 0. The molecule has 1 rings (SSSR count). The lowest BCUT2D eigenvalue weighted by atomic mass is 10.1. The van der Waals surface area contributed by atoms with E-state index in [0.717, 1.165) is 23.8 Å². The van der Waals surface area contributed by atoms with Crippen LogP contribution in [0, 0.1) is 5.92 Å². The van der Waals surface area contributed by atoms with Gasteiger partial charge in [-0.1, -0.05) is 27.7 Å². The van der Waals surface area contributed by atoms with E-state index in [4.69, 9.17) is 5.73 Å². The van der Waals surface area contributed by atoms with E-state index in [9.17, 15) is 0 Å². The molecule has 1 aromatic heterocycles. The lowest BCUT2D eigenvalue weighted by Gasteiger charge is -2.31. The maximum absolute atomic E-state index is 5.87. The molecule has 0 unspecified atom stereocenters. The van der Waals surface area contributed by atoms with Gasteiger partial charge in [0.05, 0.1) is 17.6 Å². The van der Waals surface area contributed by atoms with Crippen molar-refractivity contribution < 1.29 is 0 Å². The van der Waals surface area contributed by atoms with E-state index in [1.165, 1.54) is 0 Å². The molecule has 0 atom stereocenters. The van der Waals surface area contributed by atoms with Gasteiger partial charge in [0.2, 0.25) is 0 Å². The topological polar surface area (TPSA) is 55.0 Å². The molecule has 0 aromatic carbocycles. The van der Waals surface area contributed by atoms with Crippen LogP contribution in [0.1, 0.15) is 59.0 Å². The minimum atomic E-state index is 0.331. The van der Waals surface area contributed by atoms with E-state index in [1.807, 2.05) is 6.20 Å². The summed E-state index contributed by atoms with van der Waals surface area (Å²) in [5.41, 5.74) is 7.90. The second-order valence-corrected chi connectivity index (χ2v) is 6.06. The Morgan fingerprint density at radius 2 is 1.79 bits per heavy atom. The fourth-order valence-electron chi connectivity index (χ4n) is 2.08. The molecule has 0 saturated heterocycles. The van der Waals surface area contributed by atoms with Crippen molar-refractivity contribution in [3.05, 3.63) is 17.7 Å². The van der Waals surface area contributed by atoms with Gasteiger partial charge in [0.1, 0.15) is 5.82 Å². The van der Waals surface area contributed by atoms with Crippen molar-refractivity contribution in [2.45, 2.75) is 60.0 Å². The fraction of sp³-hybridized carbons (Fsp3) is 0.733. The first-order valence-electron chi connectivity index (χ1n) is 7.19. The third-order valence-electron chi connectivity index (χ3n) is 3.07. The molecule has 0 aliphatic heterocycles. The summed E-state index contributed by atoms with van der Waals surface area (Å²) in [6.07, 6.45) is 1.94. The first kappa shape index (κ1) is 15.9. The molecule has 1 heterocycles. The Bertz CT molecular complexity index is 399. The van der Waals surface area contributed by atoms with E-state index in [2.05, 4.69) is 56.4 Å². The van der Waals surface area contributed by atoms with Crippen LogP contribution in [-0.2, 0) is 6.54 Å². The standard InChI is InChI=1S/C15H28N4/c1-10(2)9-19(12(5)6)14-8-17-15(11(3)4)18-13(14)7-16/h8,10-12H,7,9,16H2,1-6H3. The Balaban J connectivity index is 3.15. The van der Waals surface area contributed by atoms with E-state index in [-0.39, 0.29) is 0 Å². The maximum atomic E-state index is 5.87. The molecular formula is C15H28N4. The monoisotopic (exact) mass is 264 g/mol. The molecule has 2 N–H and O–H groups in total. The van der Waals surface area contributed by atoms with Crippen molar-refractivity contribution in [2.75, 3.05) is 11.4 Å². The molecule has 0 radical (unpaired) electrons. The molecule has 0 bridgehead atoms. The summed E-state index contributed by atoms with van der Waals surface area (Å²) in [5, 5.41) is 0. The smallest absolute Gasteiger partial charge is 0.131 e. The summed E-state index contributed by atoms with van der Waals surface area (Å²) in [6, 6.07) is 0.418. The molecule has 0 amide bonds. The molecule has 0 aliphatic rings. The summed E-state index contributed by atoms with van der Waals surface area (Å²) in [7, 11) is 0. The van der Waals surface area contributed by atoms with E-state index < -0.39 is 0 Å². The molecule has 4 heteroatoms. The Kier molecular flexibility index (Phi) is 5.73. The van der Waals surface area contributed by atoms with Gasteiger partial charge < -0.3 is 10.6 Å². The largest absolute Gasteiger partial charge is 0.366 e. The zero-order chi connectivity index (χ0) is 14.6. The van der Waals surface area contributed by atoms with E-state index in [1.54, 1.807) is 0 Å². The number of nitrogens with two attached hydrogens (primary N) is 1. The second kappa shape index (κ2) is 6.85. The minimum Gasteiger partial charge on any atom is -0.366 e. The molecule has 0 spiro atoms. The van der Waals surface area contributed by atoms with Gasteiger partial charge in [-0.25, -0.2) is 9.97 Å². The van der Waals surface area contributed by atoms with Crippen LogP contribution in [0.25, 0.3) is 0 Å². The van der Waals surface area contributed by atoms with Crippen LogP contribution in [0.3, 0.4) is 0 Å². The highest BCUT2D eigenvalue weighted by molar-refractivity contribution is 5.50. The van der Waals surface area contributed by atoms with Crippen LogP contribution < -0.4 is 10.6 Å². The summed E-state index contributed by atoms with van der Waals surface area (Å²) in [4.78, 5) is 11.5. The van der Waals surface area contributed by atoms with Crippen LogP contribution in [0.5, 0.6) is 0 Å². The van der Waals surface area contributed by atoms with Crippen molar-refractivity contribution in [1.29, 1.82) is 0 Å². The van der Waals surface area contributed by atoms with Gasteiger partial charge in [-0.3, -0.25) is 0 Å². The van der Waals surface area contributed by atoms with Crippen molar-refractivity contribution in [2.24, 2.45) is 11.7 Å². The highest BCUT2D eigenvalue weighted by Gasteiger charge is 2.18. The Hall–Kier alpha value is -1.16. The normalized spacial score (nSPS) is 11.7. The van der Waals surface area contributed by atoms with Crippen LogP contribution >= 0.6 is 0 Å². The quantitative estimate of drug-likeness (QED) is 0.858. The molecule has 0 fully saturated rings. The lowest BCUT2D eigenvalue weighted by molar-refractivity contribution is 0.566. The Morgan fingerprint density at radius 1 is 1.16 bits per heavy atom. The third kappa shape index (κ3) is 4.16. The van der Waals surface area contributed by atoms with Gasteiger partial charge in [0.15, 0.2) is 0 Å². The first-order valence-corrected chi connectivity index (χ1v) is 7.19. The molecule has 19 heavy (non-hydrogen) atoms. The van der Waals surface area contributed by atoms with Crippen LogP contribution in [-0.4, -0.2) is 22.6 Å². The summed E-state index contributed by atoms with van der Waals surface area (Å²) in [5.74, 6) is 1.80. The van der Waals surface area contributed by atoms with Gasteiger partial charge in [-0.15, -0.1) is 0 Å². The average Bonchev–Trinajstić information content (AvgIpc) is 2.34. The maximum Gasteiger partial charge on any atom is 0.131 e. The molecule has 0 saturated carbocycles. The molecular weight excluding hydrogens is 236 g/mol. The van der Waals surface area contributed by atoms with Crippen molar-refractivity contribution in [1.82, 2.24) is 9.97 Å². The van der Waals surface area contributed by atoms with Crippen LogP contribution in [0.15, 0.2) is 6.20 Å². The van der Waals surface area contributed by atoms with E-state index >= 15 is 0 Å². The predicted molar refractivity (Wildman–Crippen MR) is 81.3 cm³/mol. The van der Waals surface area contributed by atoms with Gasteiger partial charge in [-0.2, -0.15) is 0 Å². The summed E-state index contributed by atoms with van der Waals surface area (Å²) < 4.78 is 0. The highest BCUT2D eigenvalue weighted by atomic mass is 15.2. The predicted octanol–water partition coefficient (Wildman–Crippen LogP) is 2.93.